The Morgan fingerprint density at radius 2 is 2.00 bits per heavy atom. The first-order valence-electron chi connectivity index (χ1n) is 9.82. The van der Waals surface area contributed by atoms with Gasteiger partial charge >= 0.3 is 0 Å². The van der Waals surface area contributed by atoms with Crippen molar-refractivity contribution in [2.45, 2.75) is 25.8 Å². The van der Waals surface area contributed by atoms with E-state index in [-0.39, 0.29) is 5.91 Å². The van der Waals surface area contributed by atoms with E-state index in [2.05, 4.69) is 16.7 Å². The topological polar surface area (TPSA) is 35.8 Å². The highest BCUT2D eigenvalue weighted by atomic mass is 35.5. The molecule has 26 heavy (non-hydrogen) atoms. The molecule has 5 nitrogen and oxygen atoms in total. The molecule has 1 amide bonds. The van der Waals surface area contributed by atoms with Crippen molar-refractivity contribution >= 4 is 17.5 Å². The molecule has 4 rings (SSSR count). The monoisotopic (exact) mass is 377 g/mol. The number of nitrogens with zero attached hydrogens (tertiary/aromatic N) is 3. The predicted molar refractivity (Wildman–Crippen MR) is 103 cm³/mol. The first kappa shape index (κ1) is 18.1. The number of halogens is 1. The maximum absolute atomic E-state index is 13.0. The van der Waals surface area contributed by atoms with Crippen molar-refractivity contribution in [3.8, 4) is 5.75 Å². The van der Waals surface area contributed by atoms with Crippen molar-refractivity contribution in [2.75, 3.05) is 52.4 Å². The second kappa shape index (κ2) is 7.75. The minimum atomic E-state index is 0.0314. The summed E-state index contributed by atoms with van der Waals surface area (Å²) in [4.78, 5) is 19.8. The molecule has 2 atom stereocenters. The summed E-state index contributed by atoms with van der Waals surface area (Å²) in [5.41, 5.74) is 0.594. The molecule has 1 aliphatic carbocycles. The molecule has 3 aliphatic rings. The lowest BCUT2D eigenvalue weighted by Crippen LogP contribution is -2.48. The fourth-order valence-electron chi connectivity index (χ4n) is 3.66. The van der Waals surface area contributed by atoms with Gasteiger partial charge in [0.1, 0.15) is 12.4 Å². The fraction of sp³-hybridized carbons (Fsp3) is 0.650. The van der Waals surface area contributed by atoms with Gasteiger partial charge < -0.3 is 14.5 Å². The highest BCUT2D eigenvalue weighted by molar-refractivity contribution is 6.31. The van der Waals surface area contributed by atoms with E-state index in [4.69, 9.17) is 16.3 Å². The Morgan fingerprint density at radius 1 is 1.23 bits per heavy atom. The second-order valence-corrected chi connectivity index (χ2v) is 8.17. The summed E-state index contributed by atoms with van der Waals surface area (Å²) in [5, 5.41) is 0.578. The number of carbonyl (C=O) groups excluding carboxylic acids is 1. The Balaban J connectivity index is 1.37. The zero-order chi connectivity index (χ0) is 18.1. The second-order valence-electron chi connectivity index (χ2n) is 7.73. The van der Waals surface area contributed by atoms with Crippen molar-refractivity contribution in [2.24, 2.45) is 5.92 Å². The van der Waals surface area contributed by atoms with Gasteiger partial charge in [-0.1, -0.05) is 18.5 Å². The van der Waals surface area contributed by atoms with Crippen molar-refractivity contribution in [1.82, 2.24) is 14.7 Å². The van der Waals surface area contributed by atoms with Gasteiger partial charge in [-0.25, -0.2) is 0 Å². The van der Waals surface area contributed by atoms with Gasteiger partial charge in [0.25, 0.3) is 5.91 Å². The highest BCUT2D eigenvalue weighted by Crippen LogP contribution is 2.34. The van der Waals surface area contributed by atoms with Crippen LogP contribution < -0.4 is 4.74 Å². The Kier molecular flexibility index (Phi) is 5.39. The predicted octanol–water partition coefficient (Wildman–Crippen LogP) is 2.59. The number of piperazine rings is 1. The molecule has 2 heterocycles. The number of amides is 1. The quantitative estimate of drug-likeness (QED) is 0.684. The lowest BCUT2D eigenvalue weighted by atomic mass is 10.1. The number of likely N-dealkylation sites (N-methyl/N-ethyl adjacent to an activating group) is 1. The third-order valence-electron chi connectivity index (χ3n) is 5.73. The molecule has 0 aromatic heterocycles. The molecule has 3 fully saturated rings. The van der Waals surface area contributed by atoms with Crippen LogP contribution in [0.15, 0.2) is 18.2 Å². The third-order valence-corrected chi connectivity index (χ3v) is 5.96. The zero-order valence-corrected chi connectivity index (χ0v) is 16.2. The first-order valence-corrected chi connectivity index (χ1v) is 10.2. The molecule has 0 radical (unpaired) electrons. The summed E-state index contributed by atoms with van der Waals surface area (Å²) in [5.74, 6) is 1.61. The van der Waals surface area contributed by atoms with Crippen molar-refractivity contribution in [3.63, 3.8) is 0 Å². The fourth-order valence-corrected chi connectivity index (χ4v) is 3.83. The summed E-state index contributed by atoms with van der Waals surface area (Å²) >= 11 is 6.17. The molecule has 142 valence electrons. The van der Waals surface area contributed by atoms with Crippen LogP contribution in [-0.2, 0) is 0 Å². The minimum Gasteiger partial charge on any atom is -0.491 e. The van der Waals surface area contributed by atoms with Crippen LogP contribution in [-0.4, -0.2) is 79.1 Å². The van der Waals surface area contributed by atoms with Crippen molar-refractivity contribution < 1.29 is 9.53 Å². The van der Waals surface area contributed by atoms with Gasteiger partial charge in [-0.15, -0.1) is 0 Å². The largest absolute Gasteiger partial charge is 0.491 e. The molecular weight excluding hydrogens is 350 g/mol. The van der Waals surface area contributed by atoms with E-state index in [1.165, 1.54) is 19.4 Å². The van der Waals surface area contributed by atoms with Gasteiger partial charge in [0.15, 0.2) is 0 Å². The van der Waals surface area contributed by atoms with Gasteiger partial charge in [-0.2, -0.15) is 0 Å². The Bertz CT molecular complexity index is 656. The van der Waals surface area contributed by atoms with E-state index >= 15 is 0 Å². The number of rotatable bonds is 7. The zero-order valence-electron chi connectivity index (χ0n) is 15.5. The molecule has 1 saturated carbocycles. The summed E-state index contributed by atoms with van der Waals surface area (Å²) in [6, 6.07) is 5.89. The average molecular weight is 378 g/mol. The van der Waals surface area contributed by atoms with Crippen LogP contribution >= 0.6 is 11.6 Å². The molecular formula is C20H28ClN3O2. The van der Waals surface area contributed by atoms with Crippen LogP contribution in [0.1, 0.15) is 30.1 Å². The van der Waals surface area contributed by atoms with E-state index in [9.17, 15) is 4.79 Å². The van der Waals surface area contributed by atoms with E-state index in [0.717, 1.165) is 45.2 Å². The number of hydrogen-bond donors (Lipinski definition) is 0. The van der Waals surface area contributed by atoms with Crippen LogP contribution in [0.5, 0.6) is 5.75 Å². The SMILES string of the molecule is CCN1CCN(C(=O)c2cc(Cl)ccc2OCC2CN2CC2CC2)CC1. The van der Waals surface area contributed by atoms with E-state index < -0.39 is 0 Å². The lowest BCUT2D eigenvalue weighted by Gasteiger charge is -2.34. The molecule has 6 heteroatoms. The molecule has 2 saturated heterocycles. The smallest absolute Gasteiger partial charge is 0.257 e. The van der Waals surface area contributed by atoms with Gasteiger partial charge in [0.05, 0.1) is 11.6 Å². The average Bonchev–Trinajstić information content (AvgIpc) is 3.59. The van der Waals surface area contributed by atoms with Crippen LogP contribution in [0.25, 0.3) is 0 Å². The molecule has 2 aliphatic heterocycles. The van der Waals surface area contributed by atoms with E-state index in [0.29, 0.717) is 29.0 Å². The highest BCUT2D eigenvalue weighted by Gasteiger charge is 2.38. The number of carbonyl (C=O) groups is 1. The summed E-state index contributed by atoms with van der Waals surface area (Å²) in [6.07, 6.45) is 2.76. The summed E-state index contributed by atoms with van der Waals surface area (Å²) in [6.45, 7) is 9.55. The molecule has 0 spiro atoms. The van der Waals surface area contributed by atoms with Gasteiger partial charge in [-0.05, 0) is 43.5 Å². The summed E-state index contributed by atoms with van der Waals surface area (Å²) < 4.78 is 6.04. The maximum atomic E-state index is 13.0. The first-order chi connectivity index (χ1) is 12.6. The number of ether oxygens (including phenoxy) is 1. The summed E-state index contributed by atoms with van der Waals surface area (Å²) in [7, 11) is 0. The molecule has 2 unspecified atom stereocenters. The normalized spacial score (nSPS) is 26.0. The Hall–Kier alpha value is -1.30. The van der Waals surface area contributed by atoms with Gasteiger partial charge in [0.2, 0.25) is 0 Å². The Labute approximate surface area is 160 Å². The van der Waals surface area contributed by atoms with E-state index in [1.54, 1.807) is 12.1 Å². The van der Waals surface area contributed by atoms with Crippen LogP contribution in [0.3, 0.4) is 0 Å². The van der Waals surface area contributed by atoms with E-state index in [1.807, 2.05) is 11.0 Å². The standard InChI is InChI=1S/C20H28ClN3O2/c1-2-22-7-9-23(10-8-22)20(25)18-11-16(21)5-6-19(18)26-14-17-13-24(17)12-15-3-4-15/h5-6,11,15,17H,2-4,7-10,12-14H2,1H3. The third kappa shape index (κ3) is 4.33. The lowest BCUT2D eigenvalue weighted by molar-refractivity contribution is 0.0639. The van der Waals surface area contributed by atoms with Crippen LogP contribution in [0, 0.1) is 5.92 Å². The molecule has 0 bridgehead atoms. The molecule has 1 aromatic carbocycles. The molecule has 1 aromatic rings. The van der Waals surface area contributed by atoms with Crippen LogP contribution in [0.2, 0.25) is 5.02 Å². The van der Waals surface area contributed by atoms with Crippen LogP contribution in [0.4, 0.5) is 0 Å². The van der Waals surface area contributed by atoms with Crippen molar-refractivity contribution in [3.05, 3.63) is 28.8 Å². The Morgan fingerprint density at radius 3 is 2.69 bits per heavy atom. The minimum absolute atomic E-state index is 0.0314. The molecule has 0 N–H and O–H groups in total. The number of hydrogen-bond acceptors (Lipinski definition) is 4. The van der Waals surface area contributed by atoms with Crippen molar-refractivity contribution in [1.29, 1.82) is 0 Å². The van der Waals surface area contributed by atoms with Gasteiger partial charge in [0, 0.05) is 44.3 Å². The number of benzene rings is 1. The van der Waals surface area contributed by atoms with Gasteiger partial charge in [-0.3, -0.25) is 9.69 Å². The maximum Gasteiger partial charge on any atom is 0.257 e.